The number of benzene rings is 6. The van der Waals surface area contributed by atoms with E-state index in [9.17, 15) is 0 Å². The molecule has 6 aromatic carbocycles. The molecule has 1 nitrogen and oxygen atoms in total. The third kappa shape index (κ3) is 11.0. The number of hydrogen-bond donors (Lipinski definition) is 1. The van der Waals surface area contributed by atoms with Crippen LogP contribution >= 0.6 is 11.3 Å². The van der Waals surface area contributed by atoms with Gasteiger partial charge in [0.2, 0.25) is 0 Å². The Balaban J connectivity index is 0.000000163. The van der Waals surface area contributed by atoms with Gasteiger partial charge < -0.3 is 5.73 Å². The van der Waals surface area contributed by atoms with Gasteiger partial charge in [-0.05, 0) is 94.6 Å². The third-order valence-electron chi connectivity index (χ3n) is 9.20. The standard InChI is InChI=1S/C28H24S.C13H12.C12H11N/c1-21-12-6-11-19-26(21)28-22(2)20-27(29-28)25-17-5-3-4-13-23-14-7-8-15-24(23)16-9-10-18-25;1-11-7-9-13(10-8-11)12-5-3-2-4-6-12;13-12-8-6-11(7-9-12)10-4-2-1-3-5-10/h3-20H,1-2H3;2-10H,1H3;1-9H,13H2/b4-3?,5-3+,10-9?,13-4-,16-9+,17-5?,18-10-,23-13?,24-16?,25-17+,25-18?;;. The summed E-state index contributed by atoms with van der Waals surface area (Å²) in [5.41, 5.74) is 20.4. The van der Waals surface area contributed by atoms with Gasteiger partial charge >= 0.3 is 0 Å². The van der Waals surface area contributed by atoms with Gasteiger partial charge in [0.15, 0.2) is 0 Å². The van der Waals surface area contributed by atoms with Crippen molar-refractivity contribution in [1.82, 2.24) is 0 Å². The van der Waals surface area contributed by atoms with Crippen LogP contribution in [-0.4, -0.2) is 0 Å². The Labute approximate surface area is 331 Å². The zero-order chi connectivity index (χ0) is 38.2. The van der Waals surface area contributed by atoms with Crippen LogP contribution in [0.4, 0.5) is 5.69 Å². The van der Waals surface area contributed by atoms with Crippen LogP contribution in [0.5, 0.6) is 0 Å². The quantitative estimate of drug-likeness (QED) is 0.179. The fourth-order valence-corrected chi connectivity index (χ4v) is 7.41. The zero-order valence-electron chi connectivity index (χ0n) is 31.8. The van der Waals surface area contributed by atoms with Crippen LogP contribution in [0.25, 0.3) is 50.4 Å². The Morgan fingerprint density at radius 2 is 0.909 bits per heavy atom. The molecule has 0 bridgehead atoms. The van der Waals surface area contributed by atoms with Crippen molar-refractivity contribution < 1.29 is 0 Å². The first-order valence-corrected chi connectivity index (χ1v) is 19.4. The van der Waals surface area contributed by atoms with Gasteiger partial charge in [0.1, 0.15) is 0 Å². The maximum Gasteiger partial charge on any atom is 0.0381 e. The minimum atomic E-state index is 0.805. The van der Waals surface area contributed by atoms with E-state index in [1.54, 1.807) is 0 Å². The van der Waals surface area contributed by atoms with Crippen molar-refractivity contribution >= 4 is 34.7 Å². The van der Waals surface area contributed by atoms with Crippen molar-refractivity contribution in [1.29, 1.82) is 0 Å². The topological polar surface area (TPSA) is 26.0 Å². The maximum atomic E-state index is 5.60. The second-order valence-corrected chi connectivity index (χ2v) is 14.4. The minimum absolute atomic E-state index is 0.805. The molecule has 0 amide bonds. The Kier molecular flexibility index (Phi) is 13.6. The van der Waals surface area contributed by atoms with Gasteiger partial charge in [-0.25, -0.2) is 0 Å². The Morgan fingerprint density at radius 1 is 0.418 bits per heavy atom. The molecular formula is C53H47NS. The molecular weight excluding hydrogens is 683 g/mol. The van der Waals surface area contributed by atoms with Crippen molar-refractivity contribution in [2.45, 2.75) is 20.8 Å². The van der Waals surface area contributed by atoms with Crippen LogP contribution in [0.2, 0.25) is 0 Å². The van der Waals surface area contributed by atoms with E-state index in [4.69, 9.17) is 5.73 Å². The summed E-state index contributed by atoms with van der Waals surface area (Å²) in [5, 5.41) is 0. The first-order chi connectivity index (χ1) is 26.9. The molecule has 0 saturated heterocycles. The summed E-state index contributed by atoms with van der Waals surface area (Å²) in [7, 11) is 0. The summed E-state index contributed by atoms with van der Waals surface area (Å²) in [4.78, 5) is 2.64. The van der Waals surface area contributed by atoms with Gasteiger partial charge in [0, 0.05) is 15.4 Å². The van der Waals surface area contributed by atoms with E-state index in [1.165, 1.54) is 71.0 Å². The van der Waals surface area contributed by atoms with Gasteiger partial charge in [0.25, 0.3) is 0 Å². The predicted molar refractivity (Wildman–Crippen MR) is 243 cm³/mol. The van der Waals surface area contributed by atoms with Crippen molar-refractivity contribution in [3.8, 4) is 32.7 Å². The lowest BCUT2D eigenvalue weighted by Gasteiger charge is -2.03. The van der Waals surface area contributed by atoms with Gasteiger partial charge in [-0.1, -0.05) is 206 Å². The fraction of sp³-hybridized carbons (Fsp3) is 0.0566. The lowest BCUT2D eigenvalue weighted by atomic mass is 10.0. The number of aryl methyl sites for hydroxylation is 3. The predicted octanol–water partition coefficient (Wildman–Crippen LogP) is 14.9. The minimum Gasteiger partial charge on any atom is -0.399 e. The Bertz CT molecular complexity index is 2340. The van der Waals surface area contributed by atoms with Crippen LogP contribution in [0.15, 0.2) is 206 Å². The van der Waals surface area contributed by atoms with E-state index >= 15 is 0 Å². The highest BCUT2D eigenvalue weighted by Crippen LogP contribution is 2.37. The molecule has 8 rings (SSSR count). The van der Waals surface area contributed by atoms with Crippen molar-refractivity contribution in [2.75, 3.05) is 5.73 Å². The van der Waals surface area contributed by atoms with Crippen molar-refractivity contribution in [3.05, 3.63) is 239 Å². The summed E-state index contributed by atoms with van der Waals surface area (Å²) in [6.07, 6.45) is 19.3. The van der Waals surface area contributed by atoms with Crippen LogP contribution in [-0.2, 0) is 0 Å². The molecule has 0 fully saturated rings. The first-order valence-electron chi connectivity index (χ1n) is 18.6. The average Bonchev–Trinajstić information content (AvgIpc) is 3.61. The molecule has 1 aliphatic rings. The van der Waals surface area contributed by atoms with Gasteiger partial charge in [0.05, 0.1) is 0 Å². The number of rotatable bonds is 4. The molecule has 0 atom stereocenters. The third-order valence-corrected chi connectivity index (χ3v) is 10.5. The number of nitrogens with two attached hydrogens (primary N) is 1. The molecule has 1 aromatic heterocycles. The van der Waals surface area contributed by atoms with Crippen molar-refractivity contribution in [2.24, 2.45) is 0 Å². The summed E-state index contributed by atoms with van der Waals surface area (Å²) in [5.74, 6) is 0. The van der Waals surface area contributed by atoms with Crippen LogP contribution in [0, 0.1) is 20.8 Å². The molecule has 7 aromatic rings. The van der Waals surface area contributed by atoms with E-state index in [0.29, 0.717) is 0 Å². The number of anilines is 1. The fourth-order valence-electron chi connectivity index (χ4n) is 6.14. The van der Waals surface area contributed by atoms with Crippen LogP contribution in [0.1, 0.15) is 32.7 Å². The lowest BCUT2D eigenvalue weighted by molar-refractivity contribution is 1.45. The molecule has 0 radical (unpaired) electrons. The normalized spacial score (nSPS) is 15.1. The first kappa shape index (κ1) is 38.3. The number of allylic oxidation sites excluding steroid dienone is 8. The maximum absolute atomic E-state index is 5.60. The molecule has 1 aliphatic carbocycles. The van der Waals surface area contributed by atoms with E-state index in [2.05, 4.69) is 191 Å². The highest BCUT2D eigenvalue weighted by Gasteiger charge is 2.11. The summed E-state index contributed by atoms with van der Waals surface area (Å²) < 4.78 is 0. The number of thiophene rings is 1. The number of nitrogen functional groups attached to an aromatic ring is 1. The van der Waals surface area contributed by atoms with Gasteiger partial charge in [-0.3, -0.25) is 0 Å². The summed E-state index contributed by atoms with van der Waals surface area (Å²) >= 11 is 1.86. The lowest BCUT2D eigenvalue weighted by Crippen LogP contribution is -1.83. The average molecular weight is 730 g/mol. The molecule has 2 heteroatoms. The molecule has 0 spiro atoms. The Morgan fingerprint density at radius 3 is 1.51 bits per heavy atom. The largest absolute Gasteiger partial charge is 0.399 e. The second kappa shape index (κ2) is 19.6. The zero-order valence-corrected chi connectivity index (χ0v) is 32.6. The van der Waals surface area contributed by atoms with Crippen LogP contribution in [0.3, 0.4) is 0 Å². The molecule has 0 unspecified atom stereocenters. The summed E-state index contributed by atoms with van der Waals surface area (Å²) in [6, 6.07) is 56.5. The highest BCUT2D eigenvalue weighted by molar-refractivity contribution is 7.16. The molecule has 1 heterocycles. The SMILES string of the molecule is Cc1ccc(-c2ccccc2)cc1.Cc1ccccc1-c1sc(C2=C/C=C/C=C\c3ccccc3/C=C/C=C\2)cc1C.Nc1ccc(-c2ccccc2)cc1. The monoisotopic (exact) mass is 729 g/mol. The second-order valence-electron chi connectivity index (χ2n) is 13.4. The molecule has 2 N–H and O–H groups in total. The highest BCUT2D eigenvalue weighted by atomic mass is 32.1. The van der Waals surface area contributed by atoms with E-state index in [0.717, 1.165) is 5.69 Å². The number of fused-ring (bicyclic) bond motifs is 1. The van der Waals surface area contributed by atoms with Crippen LogP contribution < -0.4 is 5.73 Å². The molecule has 0 aliphatic heterocycles. The smallest absolute Gasteiger partial charge is 0.0381 e. The number of hydrogen-bond acceptors (Lipinski definition) is 2. The van der Waals surface area contributed by atoms with Crippen molar-refractivity contribution in [3.63, 3.8) is 0 Å². The van der Waals surface area contributed by atoms with E-state index in [-0.39, 0.29) is 0 Å². The molecule has 270 valence electrons. The molecule has 0 saturated carbocycles. The van der Waals surface area contributed by atoms with E-state index < -0.39 is 0 Å². The van der Waals surface area contributed by atoms with E-state index in [1.807, 2.05) is 59.9 Å². The van der Waals surface area contributed by atoms with Gasteiger partial charge in [-0.2, -0.15) is 0 Å². The molecule has 55 heavy (non-hydrogen) atoms. The Hall–Kier alpha value is -6.48. The van der Waals surface area contributed by atoms with Gasteiger partial charge in [-0.15, -0.1) is 11.3 Å². The summed E-state index contributed by atoms with van der Waals surface area (Å²) in [6.45, 7) is 6.49.